The first kappa shape index (κ1) is 24.5. The summed E-state index contributed by atoms with van der Waals surface area (Å²) in [6.45, 7) is 2.53. The molecular formula is C28H28N4O5. The zero-order valence-corrected chi connectivity index (χ0v) is 20.6. The van der Waals surface area contributed by atoms with Crippen molar-refractivity contribution in [3.8, 4) is 6.01 Å². The maximum absolute atomic E-state index is 13.4. The Labute approximate surface area is 214 Å². The summed E-state index contributed by atoms with van der Waals surface area (Å²) in [6.07, 6.45) is 0.0308. The largest absolute Gasteiger partial charge is 0.415 e. The predicted octanol–water partition coefficient (Wildman–Crippen LogP) is 3.93. The molecule has 0 saturated heterocycles. The van der Waals surface area contributed by atoms with Gasteiger partial charge in [0.15, 0.2) is 5.72 Å². The number of benzene rings is 3. The summed E-state index contributed by atoms with van der Waals surface area (Å²) in [4.78, 5) is 34.3. The monoisotopic (exact) mass is 500 g/mol. The number of carbonyl (C=O) groups excluding carboxylic acids is 2. The number of rotatable bonds is 8. The quantitative estimate of drug-likeness (QED) is 0.338. The van der Waals surface area contributed by atoms with Crippen LogP contribution in [-0.2, 0) is 17.0 Å². The van der Waals surface area contributed by atoms with Gasteiger partial charge >= 0.3 is 12.1 Å². The predicted molar refractivity (Wildman–Crippen MR) is 137 cm³/mol. The summed E-state index contributed by atoms with van der Waals surface area (Å²) >= 11 is 0. The van der Waals surface area contributed by atoms with Crippen LogP contribution in [0.3, 0.4) is 0 Å². The summed E-state index contributed by atoms with van der Waals surface area (Å²) in [5.41, 5.74) is 1.76. The molecule has 1 aliphatic rings. The van der Waals surface area contributed by atoms with E-state index in [0.717, 1.165) is 5.56 Å². The van der Waals surface area contributed by atoms with Crippen LogP contribution in [0.5, 0.6) is 6.01 Å². The van der Waals surface area contributed by atoms with Crippen molar-refractivity contribution in [2.75, 3.05) is 13.7 Å². The fourth-order valence-electron chi connectivity index (χ4n) is 4.55. The molecule has 9 nitrogen and oxygen atoms in total. The first-order valence-electron chi connectivity index (χ1n) is 12.1. The number of ether oxygens (including phenoxy) is 2. The third-order valence-electron chi connectivity index (χ3n) is 6.63. The van der Waals surface area contributed by atoms with E-state index >= 15 is 0 Å². The van der Waals surface area contributed by atoms with Gasteiger partial charge in [-0.2, -0.15) is 4.98 Å². The normalized spacial score (nSPS) is 17.6. The summed E-state index contributed by atoms with van der Waals surface area (Å²) < 4.78 is 10.5. The highest BCUT2D eigenvalue weighted by Crippen LogP contribution is 2.43. The number of aromatic nitrogens is 2. The van der Waals surface area contributed by atoms with E-state index in [0.29, 0.717) is 40.7 Å². The Bertz CT molecular complexity index is 1440. The van der Waals surface area contributed by atoms with Gasteiger partial charge < -0.3 is 24.9 Å². The average molecular weight is 501 g/mol. The number of hydrogen-bond acceptors (Lipinski definition) is 6. The molecule has 4 aromatic rings. The average Bonchev–Trinajstić information content (AvgIpc) is 3.41. The second kappa shape index (κ2) is 10.0. The van der Waals surface area contributed by atoms with Crippen LogP contribution in [0.4, 0.5) is 4.79 Å². The van der Waals surface area contributed by atoms with Crippen LogP contribution in [0.15, 0.2) is 72.8 Å². The van der Waals surface area contributed by atoms with Gasteiger partial charge in [0.25, 0.3) is 5.91 Å². The minimum Gasteiger partial charge on any atom is -0.382 e. The van der Waals surface area contributed by atoms with Crippen LogP contribution in [-0.4, -0.2) is 51.7 Å². The van der Waals surface area contributed by atoms with E-state index in [4.69, 9.17) is 9.47 Å². The van der Waals surface area contributed by atoms with Gasteiger partial charge in [0.2, 0.25) is 0 Å². The van der Waals surface area contributed by atoms with E-state index in [2.05, 4.69) is 15.3 Å². The highest BCUT2D eigenvalue weighted by Gasteiger charge is 2.49. The van der Waals surface area contributed by atoms with Crippen molar-refractivity contribution < 1.29 is 24.2 Å². The topological polar surface area (TPSA) is 117 Å². The Morgan fingerprint density at radius 3 is 2.68 bits per heavy atom. The lowest BCUT2D eigenvalue weighted by molar-refractivity contribution is -0.0542. The van der Waals surface area contributed by atoms with E-state index in [1.165, 1.54) is 4.90 Å². The Kier molecular flexibility index (Phi) is 6.64. The maximum atomic E-state index is 13.4. The van der Waals surface area contributed by atoms with Crippen molar-refractivity contribution in [1.29, 1.82) is 0 Å². The SMILES string of the molecule is COC(C)CCNC(=O)Oc1nc2ccc(C3(O)c4ccccc4C(=O)N3Cc3ccccc3)cc2[nH]1. The lowest BCUT2D eigenvalue weighted by Gasteiger charge is -2.35. The van der Waals surface area contributed by atoms with Gasteiger partial charge in [-0.25, -0.2) is 4.79 Å². The Morgan fingerprint density at radius 2 is 1.89 bits per heavy atom. The lowest BCUT2D eigenvalue weighted by Crippen LogP contribution is -2.44. The number of imidazole rings is 1. The van der Waals surface area contributed by atoms with Crippen molar-refractivity contribution in [3.05, 3.63) is 95.1 Å². The van der Waals surface area contributed by atoms with Crippen molar-refractivity contribution in [2.45, 2.75) is 31.7 Å². The molecule has 1 aromatic heterocycles. The highest BCUT2D eigenvalue weighted by molar-refractivity contribution is 6.00. The number of fused-ring (bicyclic) bond motifs is 2. The van der Waals surface area contributed by atoms with Gasteiger partial charge in [0.1, 0.15) is 0 Å². The van der Waals surface area contributed by atoms with Crippen LogP contribution >= 0.6 is 0 Å². The molecule has 2 atom stereocenters. The molecule has 0 aliphatic carbocycles. The van der Waals surface area contributed by atoms with E-state index < -0.39 is 11.8 Å². The van der Waals surface area contributed by atoms with Crippen molar-refractivity contribution >= 4 is 23.0 Å². The first-order valence-corrected chi connectivity index (χ1v) is 12.1. The fourth-order valence-corrected chi connectivity index (χ4v) is 4.55. The molecule has 1 aliphatic heterocycles. The molecule has 5 rings (SSSR count). The highest BCUT2D eigenvalue weighted by atomic mass is 16.6. The first-order chi connectivity index (χ1) is 17.9. The minimum absolute atomic E-state index is 0.0183. The molecule has 0 radical (unpaired) electrons. The van der Waals surface area contributed by atoms with Crippen molar-refractivity contribution in [1.82, 2.24) is 20.2 Å². The number of H-pyrrole nitrogens is 1. The molecule has 3 N–H and O–H groups in total. The third-order valence-corrected chi connectivity index (χ3v) is 6.63. The molecule has 2 unspecified atom stereocenters. The minimum atomic E-state index is -1.70. The second-order valence-electron chi connectivity index (χ2n) is 9.02. The molecule has 37 heavy (non-hydrogen) atoms. The number of aromatic amines is 1. The van der Waals surface area contributed by atoms with E-state index in [1.807, 2.05) is 37.3 Å². The maximum Gasteiger partial charge on any atom is 0.415 e. The molecular weight excluding hydrogens is 472 g/mol. The summed E-state index contributed by atoms with van der Waals surface area (Å²) in [5.74, 6) is -0.254. The fraction of sp³-hybridized carbons (Fsp3) is 0.250. The van der Waals surface area contributed by atoms with Gasteiger partial charge in [0.05, 0.1) is 17.1 Å². The van der Waals surface area contributed by atoms with Crippen molar-refractivity contribution in [3.63, 3.8) is 0 Å². The van der Waals surface area contributed by atoms with Crippen LogP contribution in [0.25, 0.3) is 11.0 Å². The standard InChI is InChI=1S/C28H28N4O5/c1-18(36-2)14-15-29-27(34)37-26-30-23-13-12-20(16-24(23)31-26)28(35)22-11-7-6-10-21(22)25(33)32(28)17-19-8-4-3-5-9-19/h3-13,16,18,35H,14-15,17H2,1-2H3,(H,29,34)(H,30,31). The molecule has 2 heterocycles. The summed E-state index contributed by atoms with van der Waals surface area (Å²) in [6, 6.07) is 21.8. The van der Waals surface area contributed by atoms with Gasteiger partial charge in [-0.05, 0) is 37.1 Å². The zero-order valence-electron chi connectivity index (χ0n) is 20.6. The molecule has 3 aromatic carbocycles. The van der Waals surface area contributed by atoms with Crippen LogP contribution in [0.2, 0.25) is 0 Å². The number of nitrogens with zero attached hydrogens (tertiary/aromatic N) is 2. The van der Waals surface area contributed by atoms with Gasteiger partial charge in [-0.15, -0.1) is 0 Å². The number of nitrogens with one attached hydrogen (secondary N) is 2. The molecule has 2 amide bonds. The summed E-state index contributed by atoms with van der Waals surface area (Å²) in [7, 11) is 1.61. The molecule has 0 fully saturated rings. The summed E-state index contributed by atoms with van der Waals surface area (Å²) in [5, 5.41) is 14.8. The number of methoxy groups -OCH3 is 1. The van der Waals surface area contributed by atoms with Crippen LogP contribution in [0.1, 0.15) is 40.4 Å². The molecule has 9 heteroatoms. The Morgan fingerprint density at radius 1 is 1.14 bits per heavy atom. The third kappa shape index (κ3) is 4.66. The van der Waals surface area contributed by atoms with Crippen molar-refractivity contribution in [2.24, 2.45) is 0 Å². The molecule has 0 bridgehead atoms. The number of aliphatic hydroxyl groups is 1. The number of amides is 2. The van der Waals surface area contributed by atoms with E-state index in [1.54, 1.807) is 49.6 Å². The van der Waals surface area contributed by atoms with Gasteiger partial charge in [-0.1, -0.05) is 54.6 Å². The lowest BCUT2D eigenvalue weighted by atomic mass is 9.93. The zero-order chi connectivity index (χ0) is 26.0. The second-order valence-corrected chi connectivity index (χ2v) is 9.02. The van der Waals surface area contributed by atoms with Gasteiger partial charge in [-0.3, -0.25) is 9.69 Å². The molecule has 0 saturated carbocycles. The number of hydrogen-bond donors (Lipinski definition) is 3. The smallest absolute Gasteiger partial charge is 0.382 e. The number of carbonyl (C=O) groups is 2. The van der Waals surface area contributed by atoms with Gasteiger partial charge in [0, 0.05) is 36.9 Å². The van der Waals surface area contributed by atoms with Crippen LogP contribution < -0.4 is 10.1 Å². The Balaban J connectivity index is 1.44. The van der Waals surface area contributed by atoms with E-state index in [9.17, 15) is 14.7 Å². The molecule has 0 spiro atoms. The molecule has 190 valence electrons. The Hall–Kier alpha value is -4.21. The van der Waals surface area contributed by atoms with E-state index in [-0.39, 0.29) is 24.6 Å². The van der Waals surface area contributed by atoms with Crippen LogP contribution in [0, 0.1) is 0 Å².